The van der Waals surface area contributed by atoms with Crippen molar-refractivity contribution in [2.45, 2.75) is 46.6 Å². The van der Waals surface area contributed by atoms with E-state index >= 15 is 0 Å². The van der Waals surface area contributed by atoms with E-state index in [1.54, 1.807) is 19.1 Å². The third kappa shape index (κ3) is 5.06. The highest BCUT2D eigenvalue weighted by atomic mass is 16.5. The molecular formula is C17H22O4. The van der Waals surface area contributed by atoms with Gasteiger partial charge >= 0.3 is 5.97 Å². The maximum Gasteiger partial charge on any atom is 0.303 e. The zero-order valence-electron chi connectivity index (χ0n) is 13.0. The normalized spacial score (nSPS) is 11.6. The Labute approximate surface area is 125 Å². The maximum absolute atomic E-state index is 12.3. The minimum atomic E-state index is -0.572. The van der Waals surface area contributed by atoms with Crippen LogP contribution in [-0.2, 0) is 9.53 Å². The van der Waals surface area contributed by atoms with Gasteiger partial charge in [-0.15, -0.1) is 0 Å². The van der Waals surface area contributed by atoms with Crippen molar-refractivity contribution in [3.63, 3.8) is 0 Å². The molecule has 1 unspecified atom stereocenters. The summed E-state index contributed by atoms with van der Waals surface area (Å²) in [5.74, 6) is -0.651. The predicted molar refractivity (Wildman–Crippen MR) is 81.3 cm³/mol. The zero-order valence-corrected chi connectivity index (χ0v) is 13.0. The lowest BCUT2D eigenvalue weighted by atomic mass is 9.96. The van der Waals surface area contributed by atoms with Crippen LogP contribution in [0.1, 0.15) is 62.6 Å². The molecule has 0 heterocycles. The van der Waals surface area contributed by atoms with Gasteiger partial charge in [-0.2, -0.15) is 0 Å². The van der Waals surface area contributed by atoms with E-state index in [1.165, 1.54) is 13.0 Å². The molecule has 1 N–H and O–H groups in total. The number of Topliss-reactive ketones (excluding diaryl/α,β-unsaturated/α-hetero) is 1. The first-order valence-corrected chi connectivity index (χ1v) is 6.98. The number of phenols is 1. The van der Waals surface area contributed by atoms with E-state index in [0.717, 1.165) is 5.57 Å². The van der Waals surface area contributed by atoms with Gasteiger partial charge in [0, 0.05) is 18.9 Å². The number of allylic oxidation sites excluding steroid dienone is 2. The summed E-state index contributed by atoms with van der Waals surface area (Å²) in [5.41, 5.74) is 1.93. The summed E-state index contributed by atoms with van der Waals surface area (Å²) in [6.45, 7) is 6.94. The van der Waals surface area contributed by atoms with Gasteiger partial charge in [-0.3, -0.25) is 9.59 Å². The quantitative estimate of drug-likeness (QED) is 0.489. The number of phenolic OH excluding ortho intramolecular Hbond substituents is 1. The average Bonchev–Trinajstić information content (AvgIpc) is 2.36. The van der Waals surface area contributed by atoms with Gasteiger partial charge in [0.2, 0.25) is 0 Å². The summed E-state index contributed by atoms with van der Waals surface area (Å²) in [6, 6.07) is 4.80. The molecule has 0 fully saturated rings. The minimum Gasteiger partial charge on any atom is -0.507 e. The Kier molecular flexibility index (Phi) is 6.15. The third-order valence-electron chi connectivity index (χ3n) is 3.06. The summed E-state index contributed by atoms with van der Waals surface area (Å²) < 4.78 is 5.11. The van der Waals surface area contributed by atoms with E-state index in [2.05, 4.69) is 0 Å². The van der Waals surface area contributed by atoms with Crippen LogP contribution >= 0.6 is 0 Å². The molecule has 1 aromatic rings. The summed E-state index contributed by atoms with van der Waals surface area (Å²) >= 11 is 0. The lowest BCUT2D eigenvalue weighted by Crippen LogP contribution is -2.11. The lowest BCUT2D eigenvalue weighted by molar-refractivity contribution is -0.145. The highest BCUT2D eigenvalue weighted by molar-refractivity contribution is 6.00. The molecule has 0 radical (unpaired) electrons. The fraction of sp³-hybridized carbons (Fsp3) is 0.412. The molecule has 0 aromatic heterocycles. The monoisotopic (exact) mass is 290 g/mol. The van der Waals surface area contributed by atoms with Crippen LogP contribution < -0.4 is 0 Å². The Bertz CT molecular complexity index is 554. The number of carbonyl (C=O) groups excluding carboxylic acids is 2. The highest BCUT2D eigenvalue weighted by Gasteiger charge is 2.21. The Morgan fingerprint density at radius 1 is 1.29 bits per heavy atom. The first-order chi connectivity index (χ1) is 9.82. The number of aromatic hydroxyl groups is 1. The van der Waals surface area contributed by atoms with Crippen molar-refractivity contribution in [2.75, 3.05) is 0 Å². The van der Waals surface area contributed by atoms with Gasteiger partial charge in [0.05, 0.1) is 5.56 Å². The number of esters is 1. The fourth-order valence-corrected chi connectivity index (χ4v) is 2.13. The van der Waals surface area contributed by atoms with Gasteiger partial charge in [-0.05, 0) is 33.3 Å². The molecule has 0 aliphatic heterocycles. The average molecular weight is 290 g/mol. The molecule has 1 aromatic carbocycles. The number of rotatable bonds is 6. The van der Waals surface area contributed by atoms with Crippen LogP contribution in [-0.4, -0.2) is 16.9 Å². The van der Waals surface area contributed by atoms with Gasteiger partial charge < -0.3 is 9.84 Å². The highest BCUT2D eigenvalue weighted by Crippen LogP contribution is 2.29. The number of benzene rings is 1. The maximum atomic E-state index is 12.3. The van der Waals surface area contributed by atoms with Crippen molar-refractivity contribution < 1.29 is 19.4 Å². The molecule has 0 aliphatic carbocycles. The molecule has 4 heteroatoms. The van der Waals surface area contributed by atoms with Crippen LogP contribution in [0.5, 0.6) is 5.75 Å². The smallest absolute Gasteiger partial charge is 0.303 e. The Morgan fingerprint density at radius 2 is 1.95 bits per heavy atom. The van der Waals surface area contributed by atoms with Crippen LogP contribution in [0.25, 0.3) is 0 Å². The SMILES string of the molecule is CC(=O)OC(C)c1cccc(O)c1C(=O)CCC=C(C)C. The van der Waals surface area contributed by atoms with Crippen LogP contribution in [0.3, 0.4) is 0 Å². The van der Waals surface area contributed by atoms with Gasteiger partial charge in [0.15, 0.2) is 5.78 Å². The number of carbonyl (C=O) groups is 2. The van der Waals surface area contributed by atoms with Crippen molar-refractivity contribution in [3.05, 3.63) is 41.0 Å². The molecule has 1 atom stereocenters. The second-order valence-corrected chi connectivity index (χ2v) is 5.24. The van der Waals surface area contributed by atoms with Gasteiger partial charge in [-0.25, -0.2) is 0 Å². The van der Waals surface area contributed by atoms with Crippen molar-refractivity contribution >= 4 is 11.8 Å². The predicted octanol–water partition coefficient (Wildman–Crippen LogP) is 3.95. The standard InChI is InChI=1S/C17H22O4/c1-11(2)7-5-9-15(19)17-14(8-6-10-16(17)20)12(3)21-13(4)18/h6-8,10,12,20H,5,9H2,1-4H3. The molecular weight excluding hydrogens is 268 g/mol. The van der Waals surface area contributed by atoms with Crippen LogP contribution in [0, 0.1) is 0 Å². The Hall–Kier alpha value is -2.10. The van der Waals surface area contributed by atoms with Gasteiger partial charge in [0.25, 0.3) is 0 Å². The third-order valence-corrected chi connectivity index (χ3v) is 3.06. The number of hydrogen-bond acceptors (Lipinski definition) is 4. The minimum absolute atomic E-state index is 0.0753. The van der Waals surface area contributed by atoms with Gasteiger partial charge in [0.1, 0.15) is 11.9 Å². The van der Waals surface area contributed by atoms with Crippen LogP contribution in [0.15, 0.2) is 29.8 Å². The second kappa shape index (κ2) is 7.62. The van der Waals surface area contributed by atoms with Gasteiger partial charge in [-0.1, -0.05) is 23.8 Å². The first kappa shape index (κ1) is 17.0. The van der Waals surface area contributed by atoms with E-state index in [9.17, 15) is 14.7 Å². The van der Waals surface area contributed by atoms with Crippen LogP contribution in [0.2, 0.25) is 0 Å². The largest absolute Gasteiger partial charge is 0.507 e. The summed E-state index contributed by atoms with van der Waals surface area (Å²) in [4.78, 5) is 23.4. The summed E-state index contributed by atoms with van der Waals surface area (Å²) in [6.07, 6.45) is 2.34. The summed E-state index contributed by atoms with van der Waals surface area (Å²) in [5, 5.41) is 9.98. The number of hydrogen-bond donors (Lipinski definition) is 1. The van der Waals surface area contributed by atoms with E-state index in [-0.39, 0.29) is 17.1 Å². The molecule has 4 nitrogen and oxygen atoms in total. The topological polar surface area (TPSA) is 63.6 Å². The van der Waals surface area contributed by atoms with E-state index < -0.39 is 12.1 Å². The number of ether oxygens (including phenoxy) is 1. The second-order valence-electron chi connectivity index (χ2n) is 5.24. The molecule has 0 saturated heterocycles. The molecule has 114 valence electrons. The molecule has 21 heavy (non-hydrogen) atoms. The van der Waals surface area contributed by atoms with E-state index in [0.29, 0.717) is 18.4 Å². The summed E-state index contributed by atoms with van der Waals surface area (Å²) in [7, 11) is 0. The fourth-order valence-electron chi connectivity index (χ4n) is 2.13. The molecule has 0 spiro atoms. The number of ketones is 1. The van der Waals surface area contributed by atoms with Crippen LogP contribution in [0.4, 0.5) is 0 Å². The van der Waals surface area contributed by atoms with Crippen molar-refractivity contribution in [1.82, 2.24) is 0 Å². The first-order valence-electron chi connectivity index (χ1n) is 6.98. The molecule has 0 aliphatic rings. The van der Waals surface area contributed by atoms with E-state index in [1.807, 2.05) is 19.9 Å². The van der Waals surface area contributed by atoms with Crippen molar-refractivity contribution in [1.29, 1.82) is 0 Å². The lowest BCUT2D eigenvalue weighted by Gasteiger charge is -2.16. The molecule has 0 amide bonds. The Morgan fingerprint density at radius 3 is 2.52 bits per heavy atom. The van der Waals surface area contributed by atoms with E-state index in [4.69, 9.17) is 4.74 Å². The molecule has 0 bridgehead atoms. The molecule has 0 saturated carbocycles. The van der Waals surface area contributed by atoms with Crippen molar-refractivity contribution in [2.24, 2.45) is 0 Å². The Balaban J connectivity index is 3.02. The zero-order chi connectivity index (χ0) is 16.0. The van der Waals surface area contributed by atoms with Crippen molar-refractivity contribution in [3.8, 4) is 5.75 Å². The molecule has 1 rings (SSSR count).